The van der Waals surface area contributed by atoms with Crippen LogP contribution in [-0.4, -0.2) is 69.5 Å². The van der Waals surface area contributed by atoms with Gasteiger partial charge >= 0.3 is 11.7 Å². The van der Waals surface area contributed by atoms with E-state index in [4.69, 9.17) is 14.6 Å². The molecule has 134 valence electrons. The quantitative estimate of drug-likeness (QED) is 0.300. The molecule has 4 N–H and O–H groups in total. The Morgan fingerprint density at radius 2 is 2.08 bits per heavy atom. The molecule has 0 amide bonds. The second kappa shape index (κ2) is 7.55. The summed E-state index contributed by atoms with van der Waals surface area (Å²) in [6.45, 7) is -1.26. The largest absolute Gasteiger partial charge is 0.475 e. The zero-order valence-electron chi connectivity index (χ0n) is 12.4. The summed E-state index contributed by atoms with van der Waals surface area (Å²) in [5, 5.41) is 28.7. The lowest BCUT2D eigenvalue weighted by Gasteiger charge is -2.17. The summed E-state index contributed by atoms with van der Waals surface area (Å²) >= 11 is 0. The minimum absolute atomic E-state index is 0.430. The first kappa shape index (κ1) is 18.1. The molecule has 12 heteroatoms. The van der Waals surface area contributed by atoms with Crippen molar-refractivity contribution in [3.8, 4) is 5.75 Å². The molecule has 0 aromatic carbocycles. The third-order valence-corrected chi connectivity index (χ3v) is 3.25. The zero-order valence-corrected chi connectivity index (χ0v) is 12.4. The number of aliphatic hydroxyl groups is 3. The fourth-order valence-electron chi connectivity index (χ4n) is 2.12. The van der Waals surface area contributed by atoms with Crippen LogP contribution < -0.4 is 16.0 Å². The molecule has 1 unspecified atom stereocenters. The second-order valence-corrected chi connectivity index (χ2v) is 4.80. The Morgan fingerprint density at radius 3 is 2.67 bits per heavy atom. The second-order valence-electron chi connectivity index (χ2n) is 4.80. The van der Waals surface area contributed by atoms with Crippen molar-refractivity contribution in [1.29, 1.82) is 0 Å². The number of nitrogens with zero attached hydrogens (tertiary/aromatic N) is 1. The Bertz CT molecular complexity index is 698. The van der Waals surface area contributed by atoms with Crippen molar-refractivity contribution in [2.45, 2.75) is 24.5 Å². The summed E-state index contributed by atoms with van der Waals surface area (Å²) in [4.78, 5) is 44.9. The molecule has 0 spiro atoms. The number of aromatic amines is 1. The topological polar surface area (TPSA) is 170 Å². The highest BCUT2D eigenvalue weighted by Crippen LogP contribution is 2.28. The molecule has 1 aromatic heterocycles. The molecular weight excluding hydrogens is 332 g/mol. The van der Waals surface area contributed by atoms with Crippen molar-refractivity contribution in [2.75, 3.05) is 20.3 Å². The summed E-state index contributed by atoms with van der Waals surface area (Å²) in [6.07, 6.45) is -4.53. The van der Waals surface area contributed by atoms with E-state index in [0.717, 1.165) is 17.9 Å². The summed E-state index contributed by atoms with van der Waals surface area (Å²) in [6, 6.07) is 0. The fourth-order valence-corrected chi connectivity index (χ4v) is 2.12. The lowest BCUT2D eigenvalue weighted by Crippen LogP contribution is -2.38. The van der Waals surface area contributed by atoms with Crippen molar-refractivity contribution < 1.29 is 39.4 Å². The number of H-pyrrole nitrogens is 1. The molecular formula is C12H16N2O10. The molecule has 1 fully saturated rings. The Hall–Kier alpha value is -2.25. The van der Waals surface area contributed by atoms with Gasteiger partial charge in [-0.3, -0.25) is 19.2 Å². The molecule has 0 radical (unpaired) electrons. The number of aromatic nitrogens is 2. The maximum Gasteiger partial charge on any atom is 0.379 e. The molecule has 1 saturated heterocycles. The van der Waals surface area contributed by atoms with E-state index in [1.807, 2.05) is 4.98 Å². The molecule has 1 aliphatic rings. The molecule has 2 heterocycles. The average Bonchev–Trinajstić information content (AvgIpc) is 2.82. The van der Waals surface area contributed by atoms with Crippen molar-refractivity contribution in [3.63, 3.8) is 0 Å². The summed E-state index contributed by atoms with van der Waals surface area (Å²) < 4.78 is 10.9. The van der Waals surface area contributed by atoms with Gasteiger partial charge in [-0.1, -0.05) is 0 Å². The van der Waals surface area contributed by atoms with E-state index in [2.05, 4.69) is 9.78 Å². The maximum atomic E-state index is 11.9. The highest BCUT2D eigenvalue weighted by molar-refractivity contribution is 5.70. The predicted molar refractivity (Wildman–Crippen MR) is 72.9 cm³/mol. The summed E-state index contributed by atoms with van der Waals surface area (Å²) in [5.74, 6) is -1.36. The third kappa shape index (κ3) is 3.63. The minimum Gasteiger partial charge on any atom is -0.475 e. The van der Waals surface area contributed by atoms with Crippen LogP contribution in [0.1, 0.15) is 6.23 Å². The summed E-state index contributed by atoms with van der Waals surface area (Å²) in [5.41, 5.74) is -1.87. The van der Waals surface area contributed by atoms with Crippen LogP contribution in [0.15, 0.2) is 15.8 Å². The van der Waals surface area contributed by atoms with Gasteiger partial charge in [-0.05, 0) is 0 Å². The number of aliphatic hydroxyl groups excluding tert-OH is 3. The molecule has 12 nitrogen and oxygen atoms in total. The first-order valence-corrected chi connectivity index (χ1v) is 6.73. The lowest BCUT2D eigenvalue weighted by atomic mass is 10.1. The fraction of sp³-hybridized carbons (Fsp3) is 0.583. The Kier molecular flexibility index (Phi) is 5.69. The first-order chi connectivity index (χ1) is 11.4. The number of rotatable bonds is 6. The molecule has 1 aromatic rings. The molecule has 0 saturated carbocycles. The van der Waals surface area contributed by atoms with E-state index in [-0.39, 0.29) is 0 Å². The highest BCUT2D eigenvalue weighted by Gasteiger charge is 2.43. The van der Waals surface area contributed by atoms with E-state index < -0.39 is 60.7 Å². The van der Waals surface area contributed by atoms with Gasteiger partial charge in [0.15, 0.2) is 12.8 Å². The van der Waals surface area contributed by atoms with Gasteiger partial charge in [0.05, 0.1) is 19.9 Å². The SMILES string of the molecule is COOC(=O)COc1cn([C@@H]2O[C@H](CO)C(O)[C@@H]2O)c(=O)[nH]c1=O. The first-order valence-electron chi connectivity index (χ1n) is 6.73. The van der Waals surface area contributed by atoms with Crippen LogP contribution in [0.3, 0.4) is 0 Å². The lowest BCUT2D eigenvalue weighted by molar-refractivity contribution is -0.256. The van der Waals surface area contributed by atoms with E-state index in [0.29, 0.717) is 0 Å². The van der Waals surface area contributed by atoms with Crippen LogP contribution in [0.4, 0.5) is 0 Å². The number of carbonyl (C=O) groups excluding carboxylic acids is 1. The third-order valence-electron chi connectivity index (χ3n) is 3.25. The van der Waals surface area contributed by atoms with E-state index >= 15 is 0 Å². The molecule has 2 rings (SSSR count). The molecule has 24 heavy (non-hydrogen) atoms. The Balaban J connectivity index is 2.25. The summed E-state index contributed by atoms with van der Waals surface area (Å²) in [7, 11) is 1.10. The van der Waals surface area contributed by atoms with E-state index in [1.54, 1.807) is 0 Å². The van der Waals surface area contributed by atoms with Crippen molar-refractivity contribution in [2.24, 2.45) is 0 Å². The van der Waals surface area contributed by atoms with Gasteiger partial charge in [0.25, 0.3) is 5.56 Å². The van der Waals surface area contributed by atoms with Crippen molar-refractivity contribution in [1.82, 2.24) is 9.55 Å². The monoisotopic (exact) mass is 348 g/mol. The minimum atomic E-state index is -1.53. The van der Waals surface area contributed by atoms with Crippen LogP contribution in [0, 0.1) is 0 Å². The zero-order chi connectivity index (χ0) is 17.9. The van der Waals surface area contributed by atoms with Crippen molar-refractivity contribution >= 4 is 5.97 Å². The van der Waals surface area contributed by atoms with Gasteiger partial charge in [0, 0.05) is 0 Å². The van der Waals surface area contributed by atoms with E-state index in [9.17, 15) is 24.6 Å². The van der Waals surface area contributed by atoms with E-state index in [1.165, 1.54) is 0 Å². The molecule has 0 aliphatic carbocycles. The normalized spacial score (nSPS) is 26.3. The maximum absolute atomic E-state index is 11.9. The number of hydrogen-bond donors (Lipinski definition) is 4. The smallest absolute Gasteiger partial charge is 0.379 e. The average molecular weight is 348 g/mol. The van der Waals surface area contributed by atoms with Gasteiger partial charge in [-0.15, -0.1) is 0 Å². The number of ether oxygens (including phenoxy) is 2. The number of carbonyl (C=O) groups is 1. The van der Waals surface area contributed by atoms with Crippen molar-refractivity contribution in [3.05, 3.63) is 27.0 Å². The van der Waals surface area contributed by atoms with Gasteiger partial charge < -0.3 is 24.8 Å². The molecule has 4 atom stereocenters. The Labute approximate surface area is 133 Å². The standard InChI is InChI=1S/C12H16N2O10/c1-21-24-7(16)4-22-5-2-14(12(20)13-10(5)19)11-9(18)8(17)6(3-15)23-11/h2,6,8-9,11,15,17-18H,3-4H2,1H3,(H,13,19,20)/t6-,8?,9+,11-/m1/s1. The molecule has 0 bridgehead atoms. The number of nitrogens with one attached hydrogen (secondary N) is 1. The number of hydrogen-bond acceptors (Lipinski definition) is 10. The van der Waals surface area contributed by atoms with Gasteiger partial charge in [0.2, 0.25) is 5.75 Å². The van der Waals surface area contributed by atoms with Gasteiger partial charge in [-0.2, -0.15) is 4.89 Å². The Morgan fingerprint density at radius 1 is 1.38 bits per heavy atom. The van der Waals surface area contributed by atoms with Crippen LogP contribution in [-0.2, 0) is 19.3 Å². The highest BCUT2D eigenvalue weighted by atomic mass is 17.2. The van der Waals surface area contributed by atoms with Crippen LogP contribution in [0.2, 0.25) is 0 Å². The van der Waals surface area contributed by atoms with Crippen LogP contribution in [0.5, 0.6) is 5.75 Å². The van der Waals surface area contributed by atoms with Crippen LogP contribution >= 0.6 is 0 Å². The van der Waals surface area contributed by atoms with Gasteiger partial charge in [-0.25, -0.2) is 9.59 Å². The molecule has 1 aliphatic heterocycles. The predicted octanol–water partition coefficient (Wildman–Crippen LogP) is -3.37. The van der Waals surface area contributed by atoms with Gasteiger partial charge in [0.1, 0.15) is 18.3 Å². The van der Waals surface area contributed by atoms with Crippen LogP contribution in [0.25, 0.3) is 0 Å².